The molecule has 0 aliphatic carbocycles. The predicted octanol–water partition coefficient (Wildman–Crippen LogP) is 1.10. The van der Waals surface area contributed by atoms with Crippen molar-refractivity contribution in [2.45, 2.75) is 32.2 Å². The maximum absolute atomic E-state index is 14.4. The molecule has 0 atom stereocenters. The summed E-state index contributed by atoms with van der Waals surface area (Å²) >= 11 is 0. The zero-order valence-corrected chi connectivity index (χ0v) is 23.2. The molecule has 190 valence electrons. The second-order valence-corrected chi connectivity index (χ2v) is 8.66. The Morgan fingerprint density at radius 2 is 1.89 bits per heavy atom. The van der Waals surface area contributed by atoms with Crippen LogP contribution in [0.1, 0.15) is 29.5 Å². The second-order valence-electron chi connectivity index (χ2n) is 8.66. The van der Waals surface area contributed by atoms with Crippen molar-refractivity contribution < 1.29 is 57.7 Å². The summed E-state index contributed by atoms with van der Waals surface area (Å²) in [5.74, 6) is -1.60. The number of halogens is 2. The van der Waals surface area contributed by atoms with Gasteiger partial charge in [-0.05, 0) is 72.7 Å². The minimum Gasteiger partial charge on any atom is -0.550 e. The van der Waals surface area contributed by atoms with Crippen molar-refractivity contribution in [2.24, 2.45) is 0 Å². The quantitative estimate of drug-likeness (QED) is 0.384. The summed E-state index contributed by atoms with van der Waals surface area (Å²) in [7, 11) is 1.48. The molecular formula is C28H29F2N2NaO4. The molecule has 0 spiro atoms. The largest absolute Gasteiger partial charge is 1.00 e. The number of hydrogen-bond acceptors (Lipinski definition) is 6. The Balaban J connectivity index is 0.00000380. The Hall–Kier alpha value is -2.81. The summed E-state index contributed by atoms with van der Waals surface area (Å²) in [5.41, 5.74) is 4.45. The van der Waals surface area contributed by atoms with Crippen LogP contribution in [0.3, 0.4) is 0 Å². The summed E-state index contributed by atoms with van der Waals surface area (Å²) in [6.45, 7) is 2.31. The smallest absolute Gasteiger partial charge is 0.550 e. The van der Waals surface area contributed by atoms with Gasteiger partial charge in [-0.2, -0.15) is 0 Å². The maximum Gasteiger partial charge on any atom is 1.00 e. The Morgan fingerprint density at radius 3 is 2.65 bits per heavy atom. The first kappa shape index (κ1) is 28.8. The van der Waals surface area contributed by atoms with Gasteiger partial charge in [0.2, 0.25) is 0 Å². The van der Waals surface area contributed by atoms with Crippen molar-refractivity contribution in [3.63, 3.8) is 0 Å². The molecule has 0 fully saturated rings. The number of rotatable bonds is 11. The van der Waals surface area contributed by atoms with E-state index in [1.54, 1.807) is 24.3 Å². The fraction of sp³-hybridized carbons (Fsp3) is 0.321. The molecule has 6 nitrogen and oxygen atoms in total. The van der Waals surface area contributed by atoms with Gasteiger partial charge in [0.25, 0.3) is 0 Å². The average molecular weight is 519 g/mol. The summed E-state index contributed by atoms with van der Waals surface area (Å²) < 4.78 is 39.5. The molecule has 1 aliphatic heterocycles. The van der Waals surface area contributed by atoms with Crippen molar-refractivity contribution in [2.75, 3.05) is 37.0 Å². The molecule has 4 rings (SSSR count). The number of para-hydroxylation sites is 1. The van der Waals surface area contributed by atoms with Crippen molar-refractivity contribution in [3.8, 4) is 11.5 Å². The molecule has 1 N–H and O–H groups in total. The predicted molar refractivity (Wildman–Crippen MR) is 132 cm³/mol. The third kappa shape index (κ3) is 7.37. The number of carbonyl (C=O) groups is 1. The van der Waals surface area contributed by atoms with Gasteiger partial charge in [0.05, 0.1) is 13.7 Å². The molecule has 0 saturated carbocycles. The van der Waals surface area contributed by atoms with Crippen LogP contribution in [0.15, 0.2) is 54.6 Å². The monoisotopic (exact) mass is 518 g/mol. The minimum absolute atomic E-state index is 0. The molecule has 0 saturated heterocycles. The second kappa shape index (κ2) is 13.7. The van der Waals surface area contributed by atoms with Crippen LogP contribution in [-0.2, 0) is 24.2 Å². The number of hydrogen-bond donors (Lipinski definition) is 1. The summed E-state index contributed by atoms with van der Waals surface area (Å²) in [6.07, 6.45) is 1.80. The van der Waals surface area contributed by atoms with Gasteiger partial charge in [0.15, 0.2) is 17.3 Å². The van der Waals surface area contributed by atoms with Crippen LogP contribution in [0.5, 0.6) is 11.5 Å². The summed E-state index contributed by atoms with van der Waals surface area (Å²) in [4.78, 5) is 12.9. The van der Waals surface area contributed by atoms with E-state index in [0.717, 1.165) is 30.6 Å². The van der Waals surface area contributed by atoms with Crippen LogP contribution in [0.2, 0.25) is 0 Å². The van der Waals surface area contributed by atoms with Crippen LogP contribution in [-0.4, -0.2) is 32.8 Å². The number of carbonyl (C=O) groups excluding carboxylic acids is 1. The standard InChI is InChI=1S/C28H30F2N2O4.Na/c1-35-26-9-3-7-23(29)28(26)36-16-15-32-14-4-6-22-20(5-2-8-25(22)32)18-31-21-12-10-19(24(30)17-21)11-13-27(33)34;/h2-3,5,7-10,12,17,31H,4,6,11,13-16,18H2,1H3,(H,33,34);/q;+1/p-1. The van der Waals surface area contributed by atoms with E-state index in [1.165, 1.54) is 24.8 Å². The third-order valence-corrected chi connectivity index (χ3v) is 6.34. The number of benzene rings is 3. The molecule has 0 bridgehead atoms. The van der Waals surface area contributed by atoms with Gasteiger partial charge in [-0.25, -0.2) is 8.78 Å². The number of carboxylic acids is 1. The number of nitrogens with one attached hydrogen (secondary N) is 1. The van der Waals surface area contributed by atoms with Crippen LogP contribution < -0.4 is 54.4 Å². The normalized spacial score (nSPS) is 12.4. The molecule has 1 aliphatic rings. The van der Waals surface area contributed by atoms with Crippen LogP contribution in [0, 0.1) is 11.6 Å². The third-order valence-electron chi connectivity index (χ3n) is 6.34. The Labute approximate surface area is 237 Å². The number of anilines is 2. The zero-order valence-electron chi connectivity index (χ0n) is 21.2. The number of carboxylic acid groups (broad SMARTS) is 1. The Kier molecular flexibility index (Phi) is 10.6. The van der Waals surface area contributed by atoms with Crippen molar-refractivity contribution >= 4 is 17.3 Å². The van der Waals surface area contributed by atoms with Gasteiger partial charge < -0.3 is 29.6 Å². The number of aryl methyl sites for hydroxylation is 1. The van der Waals surface area contributed by atoms with E-state index in [2.05, 4.69) is 22.3 Å². The van der Waals surface area contributed by atoms with E-state index in [1.807, 2.05) is 6.07 Å². The first-order chi connectivity index (χ1) is 17.5. The van der Waals surface area contributed by atoms with Crippen LogP contribution in [0.25, 0.3) is 0 Å². The van der Waals surface area contributed by atoms with Gasteiger partial charge in [0.1, 0.15) is 12.4 Å². The van der Waals surface area contributed by atoms with Gasteiger partial charge >= 0.3 is 29.6 Å². The first-order valence-electron chi connectivity index (χ1n) is 12.0. The van der Waals surface area contributed by atoms with Crippen molar-refractivity contribution in [1.82, 2.24) is 0 Å². The summed E-state index contributed by atoms with van der Waals surface area (Å²) in [5, 5.41) is 13.9. The fourth-order valence-corrected chi connectivity index (χ4v) is 4.51. The van der Waals surface area contributed by atoms with Gasteiger partial charge in [-0.15, -0.1) is 0 Å². The molecule has 0 aromatic heterocycles. The van der Waals surface area contributed by atoms with Gasteiger partial charge in [0, 0.05) is 30.4 Å². The molecule has 9 heteroatoms. The first-order valence-corrected chi connectivity index (χ1v) is 12.0. The number of fused-ring (bicyclic) bond motifs is 1. The molecule has 0 unspecified atom stereocenters. The number of nitrogens with zero attached hydrogens (tertiary/aromatic N) is 1. The van der Waals surface area contributed by atoms with E-state index >= 15 is 0 Å². The molecule has 3 aromatic rings. The summed E-state index contributed by atoms with van der Waals surface area (Å²) in [6, 6.07) is 15.5. The van der Waals surface area contributed by atoms with E-state index in [9.17, 15) is 18.7 Å². The molecular weight excluding hydrogens is 489 g/mol. The van der Waals surface area contributed by atoms with Gasteiger partial charge in [-0.1, -0.05) is 24.3 Å². The van der Waals surface area contributed by atoms with E-state index in [0.29, 0.717) is 36.7 Å². The molecule has 0 radical (unpaired) electrons. The average Bonchev–Trinajstić information content (AvgIpc) is 2.87. The molecule has 0 amide bonds. The molecule has 3 aromatic carbocycles. The van der Waals surface area contributed by atoms with Crippen molar-refractivity contribution in [1.29, 1.82) is 0 Å². The minimum atomic E-state index is -1.20. The Morgan fingerprint density at radius 1 is 1.08 bits per heavy atom. The van der Waals surface area contributed by atoms with E-state index < -0.39 is 17.6 Å². The topological polar surface area (TPSA) is 73.9 Å². The molecule has 1 heterocycles. The van der Waals surface area contributed by atoms with Crippen LogP contribution in [0.4, 0.5) is 20.2 Å². The molecule has 37 heavy (non-hydrogen) atoms. The fourth-order valence-electron chi connectivity index (χ4n) is 4.51. The van der Waals surface area contributed by atoms with Crippen LogP contribution >= 0.6 is 0 Å². The maximum atomic E-state index is 14.4. The van der Waals surface area contributed by atoms with Crippen molar-refractivity contribution in [3.05, 3.63) is 82.9 Å². The van der Waals surface area contributed by atoms with E-state index in [4.69, 9.17) is 9.47 Å². The Bertz CT molecular complexity index is 1220. The number of methoxy groups -OCH3 is 1. The zero-order chi connectivity index (χ0) is 25.5. The van der Waals surface area contributed by atoms with Gasteiger partial charge in [-0.3, -0.25) is 0 Å². The SMILES string of the molecule is COc1cccc(F)c1OCCN1CCCc2c(CNc3ccc(CCC(=O)[O-])c(F)c3)cccc21.[Na+]. The number of ether oxygens (including phenoxy) is 2. The number of aliphatic carboxylic acids is 1. The van der Waals surface area contributed by atoms with E-state index in [-0.39, 0.29) is 48.1 Å².